The minimum atomic E-state index is -0.809. The number of nitro groups is 1. The SMILES string of the molecule is COc1ccc([C@H]2CC(=O)C3=C(C2)Nc2nc(N)nn2[C@@H]3c2ccccc2[N+](=O)[O-])cc1OC. The number of hydrogen-bond acceptors (Lipinski definition) is 9. The van der Waals surface area contributed by atoms with Crippen molar-refractivity contribution in [2.75, 3.05) is 25.3 Å². The lowest BCUT2D eigenvalue weighted by molar-refractivity contribution is -0.385. The van der Waals surface area contributed by atoms with Gasteiger partial charge in [0.25, 0.3) is 5.69 Å². The Bertz CT molecular complexity index is 1350. The summed E-state index contributed by atoms with van der Waals surface area (Å²) in [6, 6.07) is 11.1. The maximum atomic E-state index is 13.6. The highest BCUT2D eigenvalue weighted by atomic mass is 16.6. The fraction of sp³-hybridized carbons (Fsp3) is 0.261. The standard InChI is InChI=1S/C23H22N6O5/c1-33-18-8-7-12(11-19(18)34-2)13-9-15-20(17(30)10-13)21(28-23(25-15)26-22(24)27-28)14-5-3-4-6-16(14)29(31)32/h3-8,11,13,21H,9-10H2,1-2H3,(H3,24,25,26,27)/t13-,21-/m1/s1. The van der Waals surface area contributed by atoms with Gasteiger partial charge >= 0.3 is 0 Å². The molecule has 0 amide bonds. The van der Waals surface area contributed by atoms with E-state index in [-0.39, 0.29) is 29.8 Å². The average molecular weight is 462 g/mol. The van der Waals surface area contributed by atoms with Crippen LogP contribution >= 0.6 is 0 Å². The molecule has 174 valence electrons. The number of ether oxygens (including phenoxy) is 2. The highest BCUT2D eigenvalue weighted by Gasteiger charge is 2.42. The predicted octanol–water partition coefficient (Wildman–Crippen LogP) is 3.20. The number of nitrogens with two attached hydrogens (primary N) is 1. The summed E-state index contributed by atoms with van der Waals surface area (Å²) in [6.07, 6.45) is 0.729. The van der Waals surface area contributed by atoms with Gasteiger partial charge in [0.05, 0.1) is 24.7 Å². The lowest BCUT2D eigenvalue weighted by Crippen LogP contribution is -2.34. The Kier molecular flexibility index (Phi) is 5.16. The molecule has 2 atom stereocenters. The van der Waals surface area contributed by atoms with Crippen molar-refractivity contribution < 1.29 is 19.2 Å². The van der Waals surface area contributed by atoms with Crippen LogP contribution in [0.4, 0.5) is 17.6 Å². The first-order chi connectivity index (χ1) is 16.4. The Balaban J connectivity index is 1.61. The van der Waals surface area contributed by atoms with Crippen molar-refractivity contribution in [3.05, 3.63) is 75.0 Å². The van der Waals surface area contributed by atoms with Gasteiger partial charge in [0.1, 0.15) is 6.04 Å². The first kappa shape index (κ1) is 21.4. The third-order valence-electron chi connectivity index (χ3n) is 6.24. The molecule has 0 unspecified atom stereocenters. The van der Waals surface area contributed by atoms with Gasteiger partial charge in [-0.3, -0.25) is 14.9 Å². The molecule has 1 aromatic heterocycles. The zero-order valence-electron chi connectivity index (χ0n) is 18.5. The number of nitrogen functional groups attached to an aromatic ring is 1. The number of ketones is 1. The summed E-state index contributed by atoms with van der Waals surface area (Å²) in [5, 5.41) is 19.2. The average Bonchev–Trinajstić information content (AvgIpc) is 3.21. The van der Waals surface area contributed by atoms with E-state index < -0.39 is 11.0 Å². The lowest BCUT2D eigenvalue weighted by atomic mass is 9.77. The number of aromatic nitrogens is 3. The van der Waals surface area contributed by atoms with E-state index in [1.165, 1.54) is 10.7 Å². The number of nitrogens with one attached hydrogen (secondary N) is 1. The summed E-state index contributed by atoms with van der Waals surface area (Å²) >= 11 is 0. The molecule has 1 aliphatic carbocycles. The van der Waals surface area contributed by atoms with Gasteiger partial charge in [0, 0.05) is 23.8 Å². The summed E-state index contributed by atoms with van der Waals surface area (Å²) in [4.78, 5) is 29.1. The van der Waals surface area contributed by atoms with Crippen molar-refractivity contribution in [3.8, 4) is 11.5 Å². The molecule has 0 radical (unpaired) electrons. The molecule has 11 heteroatoms. The molecule has 0 spiro atoms. The molecule has 5 rings (SSSR count). The Morgan fingerprint density at radius 2 is 1.91 bits per heavy atom. The molecule has 0 bridgehead atoms. The van der Waals surface area contributed by atoms with Gasteiger partial charge < -0.3 is 20.5 Å². The number of nitro benzene ring substituents is 1. The van der Waals surface area contributed by atoms with E-state index in [0.717, 1.165) is 5.56 Å². The molecule has 0 saturated carbocycles. The molecule has 3 aromatic rings. The van der Waals surface area contributed by atoms with Gasteiger partial charge in [0.15, 0.2) is 17.3 Å². The number of carbonyl (C=O) groups excluding carboxylic acids is 1. The normalized spacial score (nSPS) is 19.2. The summed E-state index contributed by atoms with van der Waals surface area (Å²) in [7, 11) is 3.13. The van der Waals surface area contributed by atoms with Gasteiger partial charge in [-0.2, -0.15) is 4.98 Å². The van der Waals surface area contributed by atoms with E-state index in [1.807, 2.05) is 18.2 Å². The van der Waals surface area contributed by atoms with Crippen LogP contribution in [-0.4, -0.2) is 39.7 Å². The molecule has 34 heavy (non-hydrogen) atoms. The molecule has 3 N–H and O–H groups in total. The van der Waals surface area contributed by atoms with E-state index >= 15 is 0 Å². The number of anilines is 2. The van der Waals surface area contributed by atoms with E-state index in [4.69, 9.17) is 15.2 Å². The number of hydrogen-bond donors (Lipinski definition) is 2. The number of para-hydroxylation sites is 1. The number of methoxy groups -OCH3 is 2. The van der Waals surface area contributed by atoms with Crippen LogP contribution in [0.15, 0.2) is 53.7 Å². The number of nitrogens with zero attached hydrogens (tertiary/aromatic N) is 4. The Hall–Kier alpha value is -4.41. The number of Topliss-reactive ketones (excluding diaryl/α,β-unsaturated/α-hetero) is 1. The maximum absolute atomic E-state index is 13.6. The number of fused-ring (bicyclic) bond motifs is 1. The molecule has 11 nitrogen and oxygen atoms in total. The maximum Gasteiger partial charge on any atom is 0.275 e. The van der Waals surface area contributed by atoms with Crippen molar-refractivity contribution in [2.45, 2.75) is 24.8 Å². The fourth-order valence-electron chi connectivity index (χ4n) is 4.74. The Morgan fingerprint density at radius 1 is 1.15 bits per heavy atom. The van der Waals surface area contributed by atoms with E-state index in [9.17, 15) is 14.9 Å². The Labute approximate surface area is 194 Å². The molecule has 1 aliphatic heterocycles. The van der Waals surface area contributed by atoms with E-state index in [1.54, 1.807) is 32.4 Å². The van der Waals surface area contributed by atoms with Crippen LogP contribution in [0, 0.1) is 10.1 Å². The summed E-state index contributed by atoms with van der Waals surface area (Å²) in [5.74, 6) is 1.27. The smallest absolute Gasteiger partial charge is 0.275 e. The number of rotatable bonds is 5. The van der Waals surface area contributed by atoms with Gasteiger partial charge in [-0.05, 0) is 36.1 Å². The summed E-state index contributed by atoms with van der Waals surface area (Å²) in [5.41, 5.74) is 8.11. The number of carbonyl (C=O) groups is 1. The second kappa shape index (κ2) is 8.18. The van der Waals surface area contributed by atoms with Gasteiger partial charge in [0.2, 0.25) is 11.9 Å². The minimum absolute atomic E-state index is 0.00909. The van der Waals surface area contributed by atoms with Gasteiger partial charge in [-0.25, -0.2) is 4.68 Å². The minimum Gasteiger partial charge on any atom is -0.493 e. The number of allylic oxidation sites excluding steroid dienone is 2. The van der Waals surface area contributed by atoms with Crippen LogP contribution in [0.2, 0.25) is 0 Å². The first-order valence-corrected chi connectivity index (χ1v) is 10.6. The Morgan fingerprint density at radius 3 is 2.65 bits per heavy atom. The topological polar surface area (TPSA) is 147 Å². The zero-order chi connectivity index (χ0) is 24.0. The lowest BCUT2D eigenvalue weighted by Gasteiger charge is -2.35. The summed E-state index contributed by atoms with van der Waals surface area (Å²) < 4.78 is 12.2. The number of benzene rings is 2. The molecule has 2 aromatic carbocycles. The van der Waals surface area contributed by atoms with Gasteiger partial charge in [-0.1, -0.05) is 18.2 Å². The second-order valence-corrected chi connectivity index (χ2v) is 8.12. The molecule has 0 saturated heterocycles. The van der Waals surface area contributed by atoms with Crippen molar-refractivity contribution >= 4 is 23.4 Å². The third-order valence-corrected chi connectivity index (χ3v) is 6.24. The van der Waals surface area contributed by atoms with Crippen LogP contribution < -0.4 is 20.5 Å². The van der Waals surface area contributed by atoms with E-state index in [2.05, 4.69) is 15.4 Å². The van der Waals surface area contributed by atoms with Crippen LogP contribution in [0.5, 0.6) is 11.5 Å². The van der Waals surface area contributed by atoms with Crippen LogP contribution in [0.3, 0.4) is 0 Å². The zero-order valence-corrected chi connectivity index (χ0v) is 18.5. The van der Waals surface area contributed by atoms with Gasteiger partial charge in [-0.15, -0.1) is 5.10 Å². The molecule has 2 aliphatic rings. The van der Waals surface area contributed by atoms with E-state index in [0.29, 0.717) is 40.7 Å². The molecule has 0 fully saturated rings. The van der Waals surface area contributed by atoms with Crippen LogP contribution in [0.1, 0.15) is 35.9 Å². The fourth-order valence-corrected chi connectivity index (χ4v) is 4.74. The largest absolute Gasteiger partial charge is 0.493 e. The van der Waals surface area contributed by atoms with Crippen LogP contribution in [0.25, 0.3) is 0 Å². The second-order valence-electron chi connectivity index (χ2n) is 8.12. The van der Waals surface area contributed by atoms with Crippen molar-refractivity contribution in [3.63, 3.8) is 0 Å². The molecular weight excluding hydrogens is 440 g/mol. The van der Waals surface area contributed by atoms with Crippen LogP contribution in [-0.2, 0) is 4.79 Å². The highest BCUT2D eigenvalue weighted by molar-refractivity contribution is 6.00. The van der Waals surface area contributed by atoms with Crippen molar-refractivity contribution in [1.82, 2.24) is 14.8 Å². The molecular formula is C23H22N6O5. The third kappa shape index (κ3) is 3.41. The quantitative estimate of drug-likeness (QED) is 0.431. The monoisotopic (exact) mass is 462 g/mol. The first-order valence-electron chi connectivity index (χ1n) is 10.6. The summed E-state index contributed by atoms with van der Waals surface area (Å²) in [6.45, 7) is 0. The van der Waals surface area contributed by atoms with Crippen molar-refractivity contribution in [1.29, 1.82) is 0 Å². The molecule has 2 heterocycles. The highest BCUT2D eigenvalue weighted by Crippen LogP contribution is 2.46. The predicted molar refractivity (Wildman–Crippen MR) is 123 cm³/mol. The van der Waals surface area contributed by atoms with Crippen molar-refractivity contribution in [2.24, 2.45) is 0 Å².